The van der Waals surface area contributed by atoms with Gasteiger partial charge in [0.1, 0.15) is 27.7 Å². The Morgan fingerprint density at radius 3 is 1.35 bits per heavy atom. The van der Waals surface area contributed by atoms with Crippen LogP contribution >= 0.6 is 0 Å². The number of benzene rings is 4. The SMILES string of the molecule is O=C(CC(=O)NN=Cc1ccc(OS(=O)(=O)c2cccc([N+](=O)[O-])c2)cc1)NN=Cc1ccc(OS(=O)(=O)c2cccc([N+](=O)[O-])c2)cc1. The fourth-order valence-corrected chi connectivity index (χ4v) is 5.60. The van der Waals surface area contributed by atoms with Crippen molar-refractivity contribution in [3.8, 4) is 11.5 Å². The van der Waals surface area contributed by atoms with Crippen molar-refractivity contribution in [3.05, 3.63) is 128 Å². The molecular weight excluding hydrogens is 688 g/mol. The van der Waals surface area contributed by atoms with Crippen LogP contribution in [-0.2, 0) is 29.8 Å². The molecule has 0 aliphatic rings. The minimum absolute atomic E-state index is 0.0831. The van der Waals surface area contributed by atoms with E-state index in [-0.39, 0.29) is 11.5 Å². The van der Waals surface area contributed by atoms with Gasteiger partial charge in [-0.05, 0) is 71.8 Å². The van der Waals surface area contributed by atoms with Gasteiger partial charge < -0.3 is 8.37 Å². The molecule has 20 heteroatoms. The van der Waals surface area contributed by atoms with Gasteiger partial charge in [-0.2, -0.15) is 27.0 Å². The Balaban J connectivity index is 1.21. The van der Waals surface area contributed by atoms with Gasteiger partial charge in [0, 0.05) is 24.3 Å². The number of carbonyl (C=O) groups excluding carboxylic acids is 2. The predicted molar refractivity (Wildman–Crippen MR) is 171 cm³/mol. The van der Waals surface area contributed by atoms with Crippen LogP contribution in [0.4, 0.5) is 11.4 Å². The largest absolute Gasteiger partial charge is 0.379 e. The number of hydrogen-bond donors (Lipinski definition) is 2. The summed E-state index contributed by atoms with van der Waals surface area (Å²) in [5.41, 5.74) is 4.30. The van der Waals surface area contributed by atoms with Crippen molar-refractivity contribution in [2.45, 2.75) is 16.2 Å². The number of carbonyl (C=O) groups is 2. The van der Waals surface area contributed by atoms with Gasteiger partial charge in [0.2, 0.25) is 11.8 Å². The van der Waals surface area contributed by atoms with E-state index in [0.717, 1.165) is 36.4 Å². The lowest BCUT2D eigenvalue weighted by Gasteiger charge is -2.07. The Morgan fingerprint density at radius 1 is 0.633 bits per heavy atom. The smallest absolute Gasteiger partial charge is 0.339 e. The zero-order chi connectivity index (χ0) is 35.6. The first-order valence-electron chi connectivity index (χ1n) is 13.4. The number of hydrogen-bond acceptors (Lipinski definition) is 14. The Labute approximate surface area is 277 Å². The van der Waals surface area contributed by atoms with Gasteiger partial charge in [-0.15, -0.1) is 0 Å². The van der Waals surface area contributed by atoms with E-state index in [1.54, 1.807) is 0 Å². The first-order chi connectivity index (χ1) is 23.2. The van der Waals surface area contributed by atoms with E-state index < -0.39 is 69.5 Å². The highest BCUT2D eigenvalue weighted by atomic mass is 32.2. The van der Waals surface area contributed by atoms with E-state index in [9.17, 15) is 46.7 Å². The van der Waals surface area contributed by atoms with Crippen LogP contribution in [0.15, 0.2) is 117 Å². The van der Waals surface area contributed by atoms with Crippen LogP contribution in [0.5, 0.6) is 11.5 Å². The maximum absolute atomic E-state index is 12.5. The van der Waals surface area contributed by atoms with Crippen LogP contribution in [0, 0.1) is 20.2 Å². The highest BCUT2D eigenvalue weighted by Gasteiger charge is 2.21. The molecule has 0 saturated heterocycles. The maximum atomic E-state index is 12.5. The Kier molecular flexibility index (Phi) is 11.1. The van der Waals surface area contributed by atoms with Crippen molar-refractivity contribution >= 4 is 55.9 Å². The van der Waals surface area contributed by atoms with Gasteiger partial charge in [-0.25, -0.2) is 10.9 Å². The zero-order valence-electron chi connectivity index (χ0n) is 24.6. The number of amides is 2. The number of nitrogens with zero attached hydrogens (tertiary/aromatic N) is 4. The Hall–Kier alpha value is -6.54. The van der Waals surface area contributed by atoms with Crippen molar-refractivity contribution < 1.29 is 44.6 Å². The second-order valence-electron chi connectivity index (χ2n) is 9.49. The summed E-state index contributed by atoms with van der Waals surface area (Å²) in [6, 6.07) is 19.6. The van der Waals surface area contributed by atoms with Gasteiger partial charge >= 0.3 is 20.2 Å². The number of nitro groups is 2. The molecule has 2 N–H and O–H groups in total. The van der Waals surface area contributed by atoms with Crippen LogP contribution in [0.3, 0.4) is 0 Å². The molecule has 4 aromatic rings. The molecule has 0 aromatic heterocycles. The predicted octanol–water partition coefficient (Wildman–Crippen LogP) is 3.03. The third kappa shape index (κ3) is 10.2. The molecule has 0 unspecified atom stereocenters. The molecule has 0 fully saturated rings. The van der Waals surface area contributed by atoms with Crippen molar-refractivity contribution in [2.75, 3.05) is 0 Å². The van der Waals surface area contributed by atoms with Crippen LogP contribution in [-0.4, -0.2) is 50.9 Å². The molecular formula is C29H22N6O12S2. The van der Waals surface area contributed by atoms with Crippen molar-refractivity contribution in [2.24, 2.45) is 10.2 Å². The van der Waals surface area contributed by atoms with E-state index in [0.29, 0.717) is 11.1 Å². The van der Waals surface area contributed by atoms with Crippen LogP contribution in [0.2, 0.25) is 0 Å². The van der Waals surface area contributed by atoms with Gasteiger partial charge in [-0.3, -0.25) is 29.8 Å². The van der Waals surface area contributed by atoms with Crippen molar-refractivity contribution in [1.29, 1.82) is 0 Å². The molecule has 0 atom stereocenters. The minimum Gasteiger partial charge on any atom is -0.379 e. The number of hydrazone groups is 2. The third-order valence-corrected chi connectivity index (χ3v) is 8.42. The van der Waals surface area contributed by atoms with Gasteiger partial charge in [-0.1, -0.05) is 12.1 Å². The van der Waals surface area contributed by atoms with E-state index in [4.69, 9.17) is 8.37 Å². The third-order valence-electron chi connectivity index (χ3n) is 5.93. The normalized spacial score (nSPS) is 11.6. The fraction of sp³-hybridized carbons (Fsp3) is 0.0345. The lowest BCUT2D eigenvalue weighted by Crippen LogP contribution is -2.27. The zero-order valence-corrected chi connectivity index (χ0v) is 26.2. The molecule has 0 bridgehead atoms. The lowest BCUT2D eigenvalue weighted by molar-refractivity contribution is -0.385. The number of nitro benzene ring substituents is 2. The molecule has 0 aliphatic carbocycles. The fourth-order valence-electron chi connectivity index (χ4n) is 3.66. The van der Waals surface area contributed by atoms with Crippen LogP contribution < -0.4 is 19.2 Å². The van der Waals surface area contributed by atoms with E-state index >= 15 is 0 Å². The highest BCUT2D eigenvalue weighted by Crippen LogP contribution is 2.23. The molecule has 0 saturated carbocycles. The molecule has 4 aromatic carbocycles. The summed E-state index contributed by atoms with van der Waals surface area (Å²) in [5.74, 6) is -1.72. The molecule has 252 valence electrons. The monoisotopic (exact) mass is 710 g/mol. The van der Waals surface area contributed by atoms with Gasteiger partial charge in [0.25, 0.3) is 11.4 Å². The first-order valence-corrected chi connectivity index (χ1v) is 16.3. The molecule has 49 heavy (non-hydrogen) atoms. The van der Waals surface area contributed by atoms with Crippen LogP contribution in [0.25, 0.3) is 0 Å². The summed E-state index contributed by atoms with van der Waals surface area (Å²) < 4.78 is 59.8. The quantitative estimate of drug-likeness (QED) is 0.0629. The second-order valence-corrected chi connectivity index (χ2v) is 12.6. The van der Waals surface area contributed by atoms with Gasteiger partial charge in [0.05, 0.1) is 22.3 Å². The number of rotatable bonds is 14. The molecule has 0 heterocycles. The first kappa shape index (κ1) is 35.3. The Bertz CT molecular complexity index is 2020. The van der Waals surface area contributed by atoms with E-state index in [2.05, 4.69) is 21.1 Å². The molecule has 0 radical (unpaired) electrons. The van der Waals surface area contributed by atoms with Crippen LogP contribution in [0.1, 0.15) is 17.5 Å². The molecule has 2 amide bonds. The summed E-state index contributed by atoms with van der Waals surface area (Å²) in [5, 5.41) is 29.3. The molecule has 18 nitrogen and oxygen atoms in total. The summed E-state index contributed by atoms with van der Waals surface area (Å²) >= 11 is 0. The van der Waals surface area contributed by atoms with Gasteiger partial charge in [0.15, 0.2) is 0 Å². The summed E-state index contributed by atoms with van der Waals surface area (Å²) in [7, 11) is -8.70. The second kappa shape index (κ2) is 15.4. The highest BCUT2D eigenvalue weighted by molar-refractivity contribution is 7.87. The van der Waals surface area contributed by atoms with Crippen molar-refractivity contribution in [1.82, 2.24) is 10.9 Å². The summed E-state index contributed by atoms with van der Waals surface area (Å²) in [6.45, 7) is 0. The molecule has 0 spiro atoms. The standard InChI is InChI=1S/C29H22N6O12S2/c36-28(32-30-18-20-7-11-24(12-8-20)46-48(42,43)26-5-1-3-22(15-26)34(38)39)17-29(37)33-31-19-21-9-13-25(14-10-21)47-49(44,45)27-6-2-4-23(16-27)35(40)41/h1-16,18-19H,17H2,(H,32,36)(H,33,37). The maximum Gasteiger partial charge on any atom is 0.339 e. The topological polar surface area (TPSA) is 256 Å². The minimum atomic E-state index is -4.35. The molecule has 4 rings (SSSR count). The average molecular weight is 711 g/mol. The van der Waals surface area contributed by atoms with Crippen molar-refractivity contribution in [3.63, 3.8) is 0 Å². The number of nitrogens with one attached hydrogen (secondary N) is 2. The summed E-state index contributed by atoms with van der Waals surface area (Å²) in [4.78, 5) is 43.6. The van der Waals surface area contributed by atoms with E-state index in [1.807, 2.05) is 0 Å². The molecule has 0 aliphatic heterocycles. The van der Waals surface area contributed by atoms with E-state index in [1.165, 1.54) is 73.1 Å². The lowest BCUT2D eigenvalue weighted by atomic mass is 10.2. The average Bonchev–Trinajstić information content (AvgIpc) is 3.06. The summed E-state index contributed by atoms with van der Waals surface area (Å²) in [6.07, 6.45) is 1.80. The Morgan fingerprint density at radius 2 is 1.00 bits per heavy atom. The number of non-ortho nitro benzene ring substituents is 2.